The van der Waals surface area contributed by atoms with Crippen molar-refractivity contribution in [3.05, 3.63) is 30.1 Å². The minimum Gasteiger partial charge on any atom is -0.359 e. The van der Waals surface area contributed by atoms with Gasteiger partial charge in [-0.3, -0.25) is 14.7 Å². The highest BCUT2D eigenvalue weighted by Crippen LogP contribution is 2.19. The lowest BCUT2D eigenvalue weighted by Gasteiger charge is -2.30. The Labute approximate surface area is 108 Å². The quantitative estimate of drug-likeness (QED) is 0.773. The summed E-state index contributed by atoms with van der Waals surface area (Å²) in [6.45, 7) is 2.61. The number of aromatic nitrogens is 1. The van der Waals surface area contributed by atoms with Gasteiger partial charge in [-0.05, 0) is 26.1 Å². The third kappa shape index (κ3) is 4.09. The molecule has 100 valence electrons. The van der Waals surface area contributed by atoms with Crippen LogP contribution in [-0.4, -0.2) is 42.5 Å². The Morgan fingerprint density at radius 1 is 1.56 bits per heavy atom. The summed E-state index contributed by atoms with van der Waals surface area (Å²) in [4.78, 5) is 17.7. The molecule has 0 bridgehead atoms. The Kier molecular flexibility index (Phi) is 5.74. The summed E-state index contributed by atoms with van der Waals surface area (Å²) >= 11 is 0. The summed E-state index contributed by atoms with van der Waals surface area (Å²) in [5, 5.41) is 2.62. The largest absolute Gasteiger partial charge is 0.359 e. The molecule has 0 saturated carbocycles. The number of carbonyl (C=O) groups is 1. The highest BCUT2D eigenvalue weighted by atomic mass is 16.1. The lowest BCUT2D eigenvalue weighted by Crippen LogP contribution is -2.39. The van der Waals surface area contributed by atoms with E-state index in [0.717, 1.165) is 5.69 Å². The van der Waals surface area contributed by atoms with Crippen LogP contribution >= 0.6 is 0 Å². The van der Waals surface area contributed by atoms with Crippen molar-refractivity contribution in [3.8, 4) is 0 Å². The summed E-state index contributed by atoms with van der Waals surface area (Å²) in [5.41, 5.74) is 6.96. The van der Waals surface area contributed by atoms with Crippen LogP contribution in [0.3, 0.4) is 0 Å². The fourth-order valence-corrected chi connectivity index (χ4v) is 1.99. The number of rotatable bonds is 6. The van der Waals surface area contributed by atoms with Gasteiger partial charge in [0.25, 0.3) is 0 Å². The molecule has 1 rings (SSSR count). The van der Waals surface area contributed by atoms with E-state index in [-0.39, 0.29) is 18.0 Å². The van der Waals surface area contributed by atoms with E-state index < -0.39 is 0 Å². The summed E-state index contributed by atoms with van der Waals surface area (Å²) in [6.07, 6.45) is 2.22. The summed E-state index contributed by atoms with van der Waals surface area (Å²) in [6, 6.07) is 5.77. The second-order valence-electron chi connectivity index (χ2n) is 4.46. The predicted octanol–water partition coefficient (Wildman–Crippen LogP) is 0.538. The maximum atomic E-state index is 11.3. The zero-order valence-corrected chi connectivity index (χ0v) is 11.3. The Morgan fingerprint density at radius 2 is 2.28 bits per heavy atom. The lowest BCUT2D eigenvalue weighted by molar-refractivity contribution is -0.121. The van der Waals surface area contributed by atoms with Crippen molar-refractivity contribution in [2.24, 2.45) is 5.73 Å². The Bertz CT molecular complexity index is 367. The molecular weight excluding hydrogens is 228 g/mol. The molecule has 0 fully saturated rings. The van der Waals surface area contributed by atoms with E-state index in [4.69, 9.17) is 5.73 Å². The van der Waals surface area contributed by atoms with Gasteiger partial charge in [-0.15, -0.1) is 0 Å². The van der Waals surface area contributed by atoms with Gasteiger partial charge in [0.2, 0.25) is 5.91 Å². The van der Waals surface area contributed by atoms with E-state index in [9.17, 15) is 4.79 Å². The van der Waals surface area contributed by atoms with E-state index >= 15 is 0 Å². The number of nitrogens with one attached hydrogen (secondary N) is 1. The van der Waals surface area contributed by atoms with Gasteiger partial charge in [-0.1, -0.05) is 6.07 Å². The average molecular weight is 250 g/mol. The minimum absolute atomic E-state index is 0.0239. The molecule has 0 aliphatic rings. The van der Waals surface area contributed by atoms with Gasteiger partial charge in [0, 0.05) is 32.3 Å². The number of hydrogen-bond acceptors (Lipinski definition) is 4. The zero-order chi connectivity index (χ0) is 13.5. The van der Waals surface area contributed by atoms with E-state index in [2.05, 4.69) is 15.2 Å². The molecule has 3 N–H and O–H groups in total. The van der Waals surface area contributed by atoms with Gasteiger partial charge < -0.3 is 11.1 Å². The maximum Gasteiger partial charge on any atom is 0.221 e. The normalized spacial score (nSPS) is 14.3. The first kappa shape index (κ1) is 14.6. The molecule has 5 nitrogen and oxygen atoms in total. The zero-order valence-electron chi connectivity index (χ0n) is 11.3. The van der Waals surface area contributed by atoms with Crippen molar-refractivity contribution < 1.29 is 4.79 Å². The number of likely N-dealkylation sites (N-methyl/N-ethyl adjacent to an activating group) is 1. The lowest BCUT2D eigenvalue weighted by atomic mass is 10.0. The Hall–Kier alpha value is -1.46. The van der Waals surface area contributed by atoms with Crippen LogP contribution in [0.1, 0.15) is 25.1 Å². The van der Waals surface area contributed by atoms with Crippen LogP contribution < -0.4 is 11.1 Å². The molecule has 1 aromatic heterocycles. The fourth-order valence-electron chi connectivity index (χ4n) is 1.99. The first-order valence-corrected chi connectivity index (χ1v) is 6.13. The number of nitrogens with two attached hydrogens (primary N) is 1. The highest BCUT2D eigenvalue weighted by Gasteiger charge is 2.22. The Morgan fingerprint density at radius 3 is 2.78 bits per heavy atom. The number of hydrogen-bond donors (Lipinski definition) is 2. The number of pyridine rings is 1. The second-order valence-corrected chi connectivity index (χ2v) is 4.46. The van der Waals surface area contributed by atoms with Crippen LogP contribution in [0.4, 0.5) is 0 Å². The first-order valence-electron chi connectivity index (χ1n) is 6.13. The molecule has 0 aliphatic carbocycles. The number of nitrogens with zero attached hydrogens (tertiary/aromatic N) is 2. The van der Waals surface area contributed by atoms with Crippen LogP contribution in [-0.2, 0) is 4.79 Å². The van der Waals surface area contributed by atoms with Gasteiger partial charge >= 0.3 is 0 Å². The van der Waals surface area contributed by atoms with Crippen molar-refractivity contribution in [2.45, 2.75) is 25.4 Å². The standard InChI is InChI=1S/C13H22N4O/c1-10(14)13(11-6-4-5-8-16-11)17(3)9-7-12(18)15-2/h4-6,8,10,13H,7,9,14H2,1-3H3,(H,15,18). The van der Waals surface area contributed by atoms with E-state index in [1.807, 2.05) is 32.2 Å². The summed E-state index contributed by atoms with van der Waals surface area (Å²) in [5.74, 6) is 0.0336. The third-order valence-electron chi connectivity index (χ3n) is 2.93. The molecule has 1 aromatic rings. The van der Waals surface area contributed by atoms with Crippen LogP contribution in [0.15, 0.2) is 24.4 Å². The van der Waals surface area contributed by atoms with E-state index in [1.165, 1.54) is 0 Å². The van der Waals surface area contributed by atoms with Gasteiger partial charge in [0.05, 0.1) is 11.7 Å². The van der Waals surface area contributed by atoms with Gasteiger partial charge in [-0.25, -0.2) is 0 Å². The molecule has 2 unspecified atom stereocenters. The second kappa shape index (κ2) is 7.08. The van der Waals surface area contributed by atoms with Crippen LogP contribution in [0.25, 0.3) is 0 Å². The molecule has 1 amide bonds. The van der Waals surface area contributed by atoms with E-state index in [1.54, 1.807) is 13.2 Å². The SMILES string of the molecule is CNC(=O)CCN(C)C(c1ccccn1)C(C)N. The van der Waals surface area contributed by atoms with Crippen LogP contribution in [0.2, 0.25) is 0 Å². The molecule has 0 aromatic carbocycles. The van der Waals surface area contributed by atoms with Crippen LogP contribution in [0, 0.1) is 0 Å². The van der Waals surface area contributed by atoms with Crippen molar-refractivity contribution in [1.29, 1.82) is 0 Å². The summed E-state index contributed by atoms with van der Waals surface area (Å²) in [7, 11) is 3.61. The topological polar surface area (TPSA) is 71.2 Å². The minimum atomic E-state index is -0.0467. The fraction of sp³-hybridized carbons (Fsp3) is 0.538. The smallest absolute Gasteiger partial charge is 0.221 e. The van der Waals surface area contributed by atoms with Gasteiger partial charge in [-0.2, -0.15) is 0 Å². The van der Waals surface area contributed by atoms with Crippen molar-refractivity contribution in [2.75, 3.05) is 20.6 Å². The molecule has 0 radical (unpaired) electrons. The number of amides is 1. The third-order valence-corrected chi connectivity index (χ3v) is 2.93. The van der Waals surface area contributed by atoms with Gasteiger partial charge in [0.1, 0.15) is 0 Å². The summed E-state index contributed by atoms with van der Waals surface area (Å²) < 4.78 is 0. The predicted molar refractivity (Wildman–Crippen MR) is 71.9 cm³/mol. The molecule has 2 atom stereocenters. The average Bonchev–Trinajstić information content (AvgIpc) is 2.37. The molecule has 0 spiro atoms. The molecule has 18 heavy (non-hydrogen) atoms. The highest BCUT2D eigenvalue weighted by molar-refractivity contribution is 5.75. The molecule has 0 saturated heterocycles. The van der Waals surface area contributed by atoms with Crippen molar-refractivity contribution in [1.82, 2.24) is 15.2 Å². The number of carbonyl (C=O) groups excluding carboxylic acids is 1. The first-order chi connectivity index (χ1) is 8.56. The Balaban J connectivity index is 2.71. The van der Waals surface area contributed by atoms with E-state index in [0.29, 0.717) is 13.0 Å². The molecule has 5 heteroatoms. The van der Waals surface area contributed by atoms with Crippen molar-refractivity contribution >= 4 is 5.91 Å². The monoisotopic (exact) mass is 250 g/mol. The van der Waals surface area contributed by atoms with Crippen molar-refractivity contribution in [3.63, 3.8) is 0 Å². The molecule has 1 heterocycles. The van der Waals surface area contributed by atoms with Gasteiger partial charge in [0.15, 0.2) is 0 Å². The van der Waals surface area contributed by atoms with Crippen LogP contribution in [0.5, 0.6) is 0 Å². The molecular formula is C13H22N4O. The molecule has 0 aliphatic heterocycles. The maximum absolute atomic E-state index is 11.3.